The second-order valence-electron chi connectivity index (χ2n) is 9.69. The molecule has 0 aromatic heterocycles. The van der Waals surface area contributed by atoms with Gasteiger partial charge in [0, 0.05) is 6.42 Å². The third-order valence-electron chi connectivity index (χ3n) is 5.43. The van der Waals surface area contributed by atoms with Crippen LogP contribution in [-0.2, 0) is 38.4 Å². The minimum Gasteiger partial charge on any atom is -0.481 e. The monoisotopic (exact) mass is 590 g/mol. The summed E-state index contributed by atoms with van der Waals surface area (Å²) in [4.78, 5) is 95.7. The van der Waals surface area contributed by atoms with Crippen LogP contribution in [0.1, 0.15) is 52.9 Å². The molecule has 0 aliphatic carbocycles. The smallest absolute Gasteiger partial charge is 0.326 e. The Balaban J connectivity index is 5.84. The van der Waals surface area contributed by atoms with Gasteiger partial charge in [-0.3, -0.25) is 33.6 Å². The number of aliphatic hydroxyl groups is 1. The van der Waals surface area contributed by atoms with E-state index in [-0.39, 0.29) is 12.3 Å². The molecule has 0 bridgehead atoms. The molecular formula is C23H38N6O12. The van der Waals surface area contributed by atoms with Gasteiger partial charge in [-0.05, 0) is 25.7 Å². The van der Waals surface area contributed by atoms with E-state index in [0.717, 1.165) is 6.92 Å². The quantitative estimate of drug-likeness (QED) is 0.0686. The highest BCUT2D eigenvalue weighted by Gasteiger charge is 2.34. The topological polar surface area (TPSA) is 318 Å². The fraction of sp³-hybridized carbons (Fsp3) is 0.652. The van der Waals surface area contributed by atoms with Gasteiger partial charge >= 0.3 is 17.9 Å². The number of carbonyl (C=O) groups is 8. The number of carbonyl (C=O) groups excluding carboxylic acids is 5. The van der Waals surface area contributed by atoms with Crippen LogP contribution in [0, 0.1) is 5.92 Å². The van der Waals surface area contributed by atoms with Crippen molar-refractivity contribution in [3.8, 4) is 0 Å². The molecule has 6 atom stereocenters. The summed E-state index contributed by atoms with van der Waals surface area (Å²) in [6.45, 7) is 4.48. The van der Waals surface area contributed by atoms with E-state index in [1.54, 1.807) is 13.8 Å². The third kappa shape index (κ3) is 14.6. The van der Waals surface area contributed by atoms with Crippen LogP contribution in [0.5, 0.6) is 0 Å². The fourth-order valence-electron chi connectivity index (χ4n) is 3.39. The van der Waals surface area contributed by atoms with Crippen molar-refractivity contribution in [2.75, 3.05) is 0 Å². The summed E-state index contributed by atoms with van der Waals surface area (Å²) in [6.07, 6.45) is -4.36. The SMILES string of the molecule is CC(C)C[C@H](NC(=O)[C@H](CC(N)=O)NC(=O)[C@@H](NC(=O)[C@H](CCC(=O)O)NC(=O)[C@@H](N)CC(=O)O)[C@@H](C)O)C(=O)O. The van der Waals surface area contributed by atoms with E-state index < -0.39 is 109 Å². The number of amides is 5. The molecule has 0 spiro atoms. The predicted octanol–water partition coefficient (Wildman–Crippen LogP) is -4.02. The van der Waals surface area contributed by atoms with Crippen molar-refractivity contribution in [3.63, 3.8) is 0 Å². The minimum atomic E-state index is -1.83. The van der Waals surface area contributed by atoms with E-state index in [0.29, 0.717) is 0 Å². The van der Waals surface area contributed by atoms with Gasteiger partial charge in [0.25, 0.3) is 0 Å². The number of carboxylic acids is 3. The molecule has 18 nitrogen and oxygen atoms in total. The molecule has 0 aliphatic heterocycles. The molecule has 12 N–H and O–H groups in total. The number of carboxylic acid groups (broad SMARTS) is 3. The number of nitrogens with two attached hydrogens (primary N) is 2. The minimum absolute atomic E-state index is 0.0181. The Bertz CT molecular complexity index is 1000. The Morgan fingerprint density at radius 1 is 0.683 bits per heavy atom. The number of aliphatic carboxylic acids is 3. The van der Waals surface area contributed by atoms with Gasteiger partial charge in [-0.1, -0.05) is 13.8 Å². The molecule has 0 unspecified atom stereocenters. The van der Waals surface area contributed by atoms with E-state index in [9.17, 15) is 48.6 Å². The van der Waals surface area contributed by atoms with E-state index in [4.69, 9.17) is 21.7 Å². The highest BCUT2D eigenvalue weighted by atomic mass is 16.4. The summed E-state index contributed by atoms with van der Waals surface area (Å²) in [7, 11) is 0. The summed E-state index contributed by atoms with van der Waals surface area (Å²) < 4.78 is 0. The first-order valence-electron chi connectivity index (χ1n) is 12.4. The zero-order chi connectivity index (χ0) is 32.0. The molecule has 0 heterocycles. The van der Waals surface area contributed by atoms with Crippen LogP contribution >= 0.6 is 0 Å². The maximum Gasteiger partial charge on any atom is 0.326 e. The van der Waals surface area contributed by atoms with Gasteiger partial charge in [0.1, 0.15) is 24.2 Å². The number of hydrogen-bond acceptors (Lipinski definition) is 10. The van der Waals surface area contributed by atoms with Crippen LogP contribution in [0.3, 0.4) is 0 Å². The van der Waals surface area contributed by atoms with Crippen molar-refractivity contribution in [1.82, 2.24) is 21.3 Å². The normalized spacial score (nSPS) is 15.3. The van der Waals surface area contributed by atoms with Crippen LogP contribution in [0.2, 0.25) is 0 Å². The highest BCUT2D eigenvalue weighted by Crippen LogP contribution is 2.07. The Morgan fingerprint density at radius 2 is 1.20 bits per heavy atom. The summed E-state index contributed by atoms with van der Waals surface area (Å²) in [5.74, 6) is -9.91. The lowest BCUT2D eigenvalue weighted by Crippen LogP contribution is -2.61. The van der Waals surface area contributed by atoms with Crippen LogP contribution in [0.4, 0.5) is 0 Å². The summed E-state index contributed by atoms with van der Waals surface area (Å²) in [5, 5.41) is 45.8. The number of nitrogens with one attached hydrogen (secondary N) is 4. The Morgan fingerprint density at radius 3 is 1.63 bits per heavy atom. The van der Waals surface area contributed by atoms with Gasteiger partial charge in [-0.2, -0.15) is 0 Å². The average Bonchev–Trinajstić information content (AvgIpc) is 2.82. The first-order chi connectivity index (χ1) is 18.8. The first kappa shape index (κ1) is 36.7. The molecule has 0 aromatic carbocycles. The largest absolute Gasteiger partial charge is 0.481 e. The number of rotatable bonds is 19. The highest BCUT2D eigenvalue weighted by molar-refractivity contribution is 5.97. The van der Waals surface area contributed by atoms with Gasteiger partial charge in [0.2, 0.25) is 29.5 Å². The molecule has 0 radical (unpaired) electrons. The number of hydrogen-bond donors (Lipinski definition) is 10. The first-order valence-corrected chi connectivity index (χ1v) is 12.4. The molecular weight excluding hydrogens is 552 g/mol. The van der Waals surface area contributed by atoms with Crippen LogP contribution in [-0.4, -0.2) is 104 Å². The molecule has 5 amide bonds. The molecule has 0 aromatic rings. The molecule has 0 fully saturated rings. The molecule has 0 saturated heterocycles. The Kier molecular flexibility index (Phi) is 15.6. The lowest BCUT2D eigenvalue weighted by atomic mass is 10.0. The van der Waals surface area contributed by atoms with Crippen molar-refractivity contribution in [3.05, 3.63) is 0 Å². The maximum atomic E-state index is 13.0. The molecule has 232 valence electrons. The van der Waals surface area contributed by atoms with Gasteiger partial charge in [-0.25, -0.2) is 4.79 Å². The van der Waals surface area contributed by atoms with E-state index >= 15 is 0 Å². The average molecular weight is 591 g/mol. The van der Waals surface area contributed by atoms with Crippen molar-refractivity contribution in [2.24, 2.45) is 17.4 Å². The van der Waals surface area contributed by atoms with E-state index in [1.165, 1.54) is 0 Å². The van der Waals surface area contributed by atoms with Gasteiger partial charge in [0.05, 0.1) is 25.0 Å². The van der Waals surface area contributed by atoms with E-state index in [2.05, 4.69) is 21.3 Å². The Hall–Kier alpha value is -4.32. The van der Waals surface area contributed by atoms with Crippen molar-refractivity contribution < 1.29 is 58.8 Å². The van der Waals surface area contributed by atoms with Crippen molar-refractivity contribution >= 4 is 47.4 Å². The zero-order valence-corrected chi connectivity index (χ0v) is 22.8. The zero-order valence-electron chi connectivity index (χ0n) is 22.8. The lowest BCUT2D eigenvalue weighted by Gasteiger charge is -2.27. The number of aliphatic hydroxyl groups excluding tert-OH is 1. The molecule has 0 rings (SSSR count). The van der Waals surface area contributed by atoms with Crippen LogP contribution in [0.25, 0.3) is 0 Å². The lowest BCUT2D eigenvalue weighted by molar-refractivity contribution is -0.143. The summed E-state index contributed by atoms with van der Waals surface area (Å²) in [6, 6.07) is -8.13. The predicted molar refractivity (Wildman–Crippen MR) is 137 cm³/mol. The second kappa shape index (κ2) is 17.4. The standard InChI is InChI=1S/C23H38N6O12/c1-9(2)6-14(23(40)41)28-21(38)13(8-15(25)31)27-22(39)18(10(3)30)29-20(37)12(4-5-16(32)33)26-19(36)11(24)7-17(34)35/h9-14,18,30H,4-8,24H2,1-3H3,(H2,25,31)(H,26,36)(H,27,39)(H,28,38)(H,29,37)(H,32,33)(H,34,35)(H,40,41)/t10-,11+,12+,13+,14+,18+/m1/s1. The molecule has 0 saturated carbocycles. The number of primary amides is 1. The van der Waals surface area contributed by atoms with Crippen molar-refractivity contribution in [1.29, 1.82) is 0 Å². The Labute approximate surface area is 234 Å². The summed E-state index contributed by atoms with van der Waals surface area (Å²) in [5.41, 5.74) is 10.6. The van der Waals surface area contributed by atoms with Gasteiger partial charge < -0.3 is 53.2 Å². The van der Waals surface area contributed by atoms with Gasteiger partial charge in [-0.15, -0.1) is 0 Å². The van der Waals surface area contributed by atoms with Crippen molar-refractivity contribution in [2.45, 2.75) is 89.2 Å². The van der Waals surface area contributed by atoms with Gasteiger partial charge in [0.15, 0.2) is 0 Å². The molecule has 0 aliphatic rings. The van der Waals surface area contributed by atoms with Crippen LogP contribution < -0.4 is 32.7 Å². The summed E-state index contributed by atoms with van der Waals surface area (Å²) >= 11 is 0. The molecule has 18 heteroatoms. The fourth-order valence-corrected chi connectivity index (χ4v) is 3.39. The second-order valence-corrected chi connectivity index (χ2v) is 9.69. The molecule has 41 heavy (non-hydrogen) atoms. The third-order valence-corrected chi connectivity index (χ3v) is 5.43. The maximum absolute atomic E-state index is 13.0. The van der Waals surface area contributed by atoms with E-state index in [1.807, 2.05) is 0 Å². The van der Waals surface area contributed by atoms with Crippen LogP contribution in [0.15, 0.2) is 0 Å².